The summed E-state index contributed by atoms with van der Waals surface area (Å²) >= 11 is 5.87. The van der Waals surface area contributed by atoms with Crippen molar-refractivity contribution in [2.24, 2.45) is 17.8 Å². The van der Waals surface area contributed by atoms with Crippen LogP contribution in [-0.2, 0) is 9.53 Å². The quantitative estimate of drug-likeness (QED) is 0.659. The van der Waals surface area contributed by atoms with E-state index in [2.05, 4.69) is 10.3 Å². The molecule has 0 radical (unpaired) electrons. The number of nitrogens with one attached hydrogen (secondary N) is 1. The molecule has 0 unspecified atom stereocenters. The molecule has 1 aromatic rings. The van der Waals surface area contributed by atoms with Gasteiger partial charge in [-0.1, -0.05) is 11.6 Å². The molecular formula is C15H19ClFN3O2. The number of nitrogens with zero attached hydrogens (tertiary/aromatic N) is 1. The van der Waals surface area contributed by atoms with Gasteiger partial charge in [-0.2, -0.15) is 0 Å². The van der Waals surface area contributed by atoms with E-state index < -0.39 is 5.82 Å². The molecule has 3 N–H and O–H groups in total. The first-order chi connectivity index (χ1) is 10.5. The number of hydrogen-bond donors (Lipinski definition) is 2. The van der Waals surface area contributed by atoms with Crippen LogP contribution in [-0.4, -0.2) is 24.1 Å². The Morgan fingerprint density at radius 1 is 1.41 bits per heavy atom. The van der Waals surface area contributed by atoms with Gasteiger partial charge in [0.05, 0.1) is 18.7 Å². The number of rotatable bonds is 3. The molecule has 0 aromatic carbocycles. The molecule has 2 bridgehead atoms. The number of hydrogen-bond acceptors (Lipinski definition) is 5. The van der Waals surface area contributed by atoms with Crippen molar-refractivity contribution in [2.75, 3.05) is 18.2 Å². The van der Waals surface area contributed by atoms with Crippen molar-refractivity contribution in [3.63, 3.8) is 0 Å². The number of pyridine rings is 1. The fourth-order valence-electron chi connectivity index (χ4n) is 3.87. The number of aromatic nitrogens is 1. The molecule has 0 spiro atoms. The summed E-state index contributed by atoms with van der Waals surface area (Å²) in [6, 6.07) is 0.966. The van der Waals surface area contributed by atoms with Crippen LogP contribution < -0.4 is 11.1 Å². The van der Waals surface area contributed by atoms with Crippen molar-refractivity contribution in [3.8, 4) is 0 Å². The zero-order valence-electron chi connectivity index (χ0n) is 12.3. The number of anilines is 2. The highest BCUT2D eigenvalue weighted by molar-refractivity contribution is 6.31. The Bertz CT molecular complexity index is 590. The summed E-state index contributed by atoms with van der Waals surface area (Å²) in [5.74, 6) is -0.435. The number of carbonyl (C=O) groups excluding carboxylic acids is 1. The number of nitrogen functional groups attached to an aromatic ring is 1. The maximum Gasteiger partial charge on any atom is 0.311 e. The third-order valence-corrected chi connectivity index (χ3v) is 5.26. The SMILES string of the molecule is COC(=O)[C@H]1C2CCC(CC2)[C@@H]1Nc1nc(Cl)c(N)cc1F. The van der Waals surface area contributed by atoms with E-state index in [1.54, 1.807) is 0 Å². The van der Waals surface area contributed by atoms with Gasteiger partial charge in [-0.05, 0) is 37.5 Å². The predicted octanol–water partition coefficient (Wildman–Crippen LogP) is 2.85. The maximum atomic E-state index is 14.1. The Hall–Kier alpha value is -1.56. The Labute approximate surface area is 133 Å². The van der Waals surface area contributed by atoms with Crippen molar-refractivity contribution in [3.05, 3.63) is 17.0 Å². The molecule has 3 aliphatic carbocycles. The number of fused-ring (bicyclic) bond motifs is 3. The van der Waals surface area contributed by atoms with Crippen LogP contribution in [0.2, 0.25) is 5.15 Å². The molecule has 0 saturated heterocycles. The molecule has 2 atom stereocenters. The lowest BCUT2D eigenvalue weighted by molar-refractivity contribution is -0.152. The molecule has 0 aliphatic heterocycles. The average Bonchev–Trinajstić information content (AvgIpc) is 2.53. The molecule has 120 valence electrons. The van der Waals surface area contributed by atoms with Crippen LogP contribution in [0.3, 0.4) is 0 Å². The van der Waals surface area contributed by atoms with Crippen LogP contribution in [0.4, 0.5) is 15.9 Å². The lowest BCUT2D eigenvalue weighted by atomic mass is 9.61. The fourth-order valence-corrected chi connectivity index (χ4v) is 4.01. The molecule has 3 fully saturated rings. The standard InChI is InChI=1S/C15H19ClFN3O2/c1-22-15(21)11-7-2-4-8(5-3-7)12(11)19-14-9(17)6-10(18)13(16)20-14/h6-8,11-12H,2-5,18H2,1H3,(H,19,20)/t7?,8?,11-,12-/m0/s1. The van der Waals surface area contributed by atoms with Crippen LogP contribution in [0.1, 0.15) is 25.7 Å². The zero-order chi connectivity index (χ0) is 15.9. The van der Waals surface area contributed by atoms with Gasteiger partial charge in [0.1, 0.15) is 0 Å². The Morgan fingerprint density at radius 3 is 2.68 bits per heavy atom. The Balaban J connectivity index is 1.89. The second-order valence-corrected chi connectivity index (χ2v) is 6.45. The van der Waals surface area contributed by atoms with E-state index in [-0.39, 0.29) is 40.5 Å². The number of esters is 1. The molecule has 5 nitrogen and oxygen atoms in total. The maximum absolute atomic E-state index is 14.1. The lowest BCUT2D eigenvalue weighted by Gasteiger charge is -2.47. The Morgan fingerprint density at radius 2 is 2.05 bits per heavy atom. The summed E-state index contributed by atoms with van der Waals surface area (Å²) in [4.78, 5) is 16.1. The number of halogens is 2. The smallest absolute Gasteiger partial charge is 0.311 e. The van der Waals surface area contributed by atoms with Gasteiger partial charge in [0.15, 0.2) is 16.8 Å². The van der Waals surface area contributed by atoms with Gasteiger partial charge in [0, 0.05) is 12.1 Å². The van der Waals surface area contributed by atoms with Crippen LogP contribution in [0, 0.1) is 23.6 Å². The van der Waals surface area contributed by atoms with Crippen LogP contribution in [0.15, 0.2) is 6.07 Å². The van der Waals surface area contributed by atoms with Crippen LogP contribution in [0.25, 0.3) is 0 Å². The van der Waals surface area contributed by atoms with Crippen LogP contribution >= 0.6 is 11.6 Å². The lowest BCUT2D eigenvalue weighted by Crippen LogP contribution is -2.52. The van der Waals surface area contributed by atoms with E-state index >= 15 is 0 Å². The van der Waals surface area contributed by atoms with E-state index in [9.17, 15) is 9.18 Å². The first kappa shape index (κ1) is 15.3. The van der Waals surface area contributed by atoms with E-state index in [1.165, 1.54) is 7.11 Å². The number of carbonyl (C=O) groups is 1. The normalized spacial score (nSPS) is 30.1. The summed E-state index contributed by atoms with van der Waals surface area (Å²) in [5.41, 5.74) is 5.64. The van der Waals surface area contributed by atoms with Crippen molar-refractivity contribution >= 4 is 29.1 Å². The van der Waals surface area contributed by atoms with Crippen molar-refractivity contribution < 1.29 is 13.9 Å². The highest BCUT2D eigenvalue weighted by Crippen LogP contribution is 2.46. The molecule has 4 rings (SSSR count). The van der Waals surface area contributed by atoms with E-state index in [4.69, 9.17) is 22.1 Å². The average molecular weight is 328 g/mol. The minimum Gasteiger partial charge on any atom is -0.469 e. The molecule has 3 saturated carbocycles. The van der Waals surface area contributed by atoms with Gasteiger partial charge in [-0.15, -0.1) is 0 Å². The highest BCUT2D eigenvalue weighted by Gasteiger charge is 2.48. The number of methoxy groups -OCH3 is 1. The minimum atomic E-state index is -0.563. The van der Waals surface area contributed by atoms with Gasteiger partial charge in [0.2, 0.25) is 0 Å². The Kier molecular flexibility index (Phi) is 4.12. The second-order valence-electron chi connectivity index (χ2n) is 6.09. The van der Waals surface area contributed by atoms with E-state index in [1.807, 2.05) is 0 Å². The van der Waals surface area contributed by atoms with Gasteiger partial charge in [-0.25, -0.2) is 9.37 Å². The van der Waals surface area contributed by atoms with Crippen LogP contribution in [0.5, 0.6) is 0 Å². The highest BCUT2D eigenvalue weighted by atomic mass is 35.5. The van der Waals surface area contributed by atoms with Crippen molar-refractivity contribution in [2.45, 2.75) is 31.7 Å². The summed E-state index contributed by atoms with van der Waals surface area (Å²) in [6.45, 7) is 0. The molecule has 22 heavy (non-hydrogen) atoms. The fraction of sp³-hybridized carbons (Fsp3) is 0.600. The third kappa shape index (κ3) is 2.60. The van der Waals surface area contributed by atoms with Gasteiger partial charge >= 0.3 is 5.97 Å². The van der Waals surface area contributed by atoms with Gasteiger partial charge in [-0.3, -0.25) is 4.79 Å². The first-order valence-electron chi connectivity index (χ1n) is 7.47. The van der Waals surface area contributed by atoms with E-state index in [0.717, 1.165) is 31.7 Å². The molecule has 1 heterocycles. The van der Waals surface area contributed by atoms with Gasteiger partial charge < -0.3 is 15.8 Å². The zero-order valence-corrected chi connectivity index (χ0v) is 13.1. The molecule has 0 amide bonds. The minimum absolute atomic E-state index is 0.0469. The van der Waals surface area contributed by atoms with Crippen molar-refractivity contribution in [1.82, 2.24) is 4.98 Å². The molecule has 3 aliphatic rings. The molecular weight excluding hydrogens is 309 g/mol. The summed E-state index contributed by atoms with van der Waals surface area (Å²) in [7, 11) is 1.39. The molecule has 1 aromatic heterocycles. The topological polar surface area (TPSA) is 77.2 Å². The number of nitrogens with two attached hydrogens (primary N) is 1. The molecule has 7 heteroatoms. The summed E-state index contributed by atoms with van der Waals surface area (Å²) in [5, 5.41) is 3.14. The first-order valence-corrected chi connectivity index (χ1v) is 7.85. The second kappa shape index (κ2) is 5.91. The summed E-state index contributed by atoms with van der Waals surface area (Å²) < 4.78 is 19.0. The third-order valence-electron chi connectivity index (χ3n) is 4.95. The predicted molar refractivity (Wildman–Crippen MR) is 82.0 cm³/mol. The number of ether oxygens (including phenoxy) is 1. The van der Waals surface area contributed by atoms with E-state index in [0.29, 0.717) is 5.92 Å². The monoisotopic (exact) mass is 327 g/mol. The van der Waals surface area contributed by atoms with Crippen molar-refractivity contribution in [1.29, 1.82) is 0 Å². The largest absolute Gasteiger partial charge is 0.469 e. The summed E-state index contributed by atoms with van der Waals surface area (Å²) in [6.07, 6.45) is 4.09. The van der Waals surface area contributed by atoms with Gasteiger partial charge in [0.25, 0.3) is 0 Å².